The Hall–Kier alpha value is -1.81. The van der Waals surface area contributed by atoms with E-state index in [1.165, 1.54) is 0 Å². The van der Waals surface area contributed by atoms with Gasteiger partial charge in [0.25, 0.3) is 0 Å². The summed E-state index contributed by atoms with van der Waals surface area (Å²) in [5.74, 6) is 4.16. The molecule has 2 N–H and O–H groups in total. The van der Waals surface area contributed by atoms with Crippen molar-refractivity contribution in [2.45, 2.75) is 0 Å². The predicted octanol–water partition coefficient (Wildman–Crippen LogP) is 1.46. The first-order valence-electron chi connectivity index (χ1n) is 3.71. The first-order chi connectivity index (χ1) is 6.31. The summed E-state index contributed by atoms with van der Waals surface area (Å²) in [6.45, 7) is 0. The highest BCUT2D eigenvalue weighted by Gasteiger charge is 2.11. The van der Waals surface area contributed by atoms with E-state index in [9.17, 15) is 4.79 Å². The molecule has 2 rings (SSSR count). The fourth-order valence-electron chi connectivity index (χ4n) is 1.14. The van der Waals surface area contributed by atoms with E-state index in [2.05, 4.69) is 4.84 Å². The van der Waals surface area contributed by atoms with Gasteiger partial charge in [-0.25, -0.2) is 4.79 Å². The van der Waals surface area contributed by atoms with Gasteiger partial charge < -0.3 is 9.25 Å². The Bertz CT molecular complexity index is 414. The lowest BCUT2D eigenvalue weighted by Crippen LogP contribution is -2.08. The van der Waals surface area contributed by atoms with E-state index < -0.39 is 5.97 Å². The van der Waals surface area contributed by atoms with Crippen molar-refractivity contribution < 1.29 is 14.0 Å². The summed E-state index contributed by atoms with van der Waals surface area (Å²) in [5.41, 5.74) is 0.642. The smallest absolute Gasteiger partial charge is 0.392 e. The number of furan rings is 1. The minimum atomic E-state index is -0.670. The summed E-state index contributed by atoms with van der Waals surface area (Å²) in [4.78, 5) is 15.0. The molecule has 1 aromatic heterocycles. The van der Waals surface area contributed by atoms with Crippen LogP contribution >= 0.6 is 0 Å². The maximum atomic E-state index is 10.9. The molecular weight excluding hydrogens is 170 g/mol. The Balaban J connectivity index is 2.56. The molecule has 1 aromatic carbocycles. The van der Waals surface area contributed by atoms with Gasteiger partial charge in [-0.1, -0.05) is 18.2 Å². The van der Waals surface area contributed by atoms with Crippen LogP contribution in [0, 0.1) is 0 Å². The summed E-state index contributed by atoms with van der Waals surface area (Å²) in [6, 6.07) is 8.87. The van der Waals surface area contributed by atoms with Crippen molar-refractivity contribution in [3.63, 3.8) is 0 Å². The molecule has 1 heterocycles. The predicted molar refractivity (Wildman–Crippen MR) is 45.8 cm³/mol. The molecule has 0 unspecified atom stereocenters. The van der Waals surface area contributed by atoms with Crippen LogP contribution in [0.15, 0.2) is 34.7 Å². The van der Waals surface area contributed by atoms with Crippen molar-refractivity contribution in [2.75, 3.05) is 0 Å². The normalized spacial score (nSPS) is 10.2. The molecule has 4 nitrogen and oxygen atoms in total. The monoisotopic (exact) mass is 177 g/mol. The van der Waals surface area contributed by atoms with Crippen LogP contribution in [-0.4, -0.2) is 5.97 Å². The van der Waals surface area contributed by atoms with E-state index in [4.69, 9.17) is 10.3 Å². The summed E-state index contributed by atoms with van der Waals surface area (Å²) < 4.78 is 5.17. The molecule has 0 saturated heterocycles. The zero-order chi connectivity index (χ0) is 9.26. The van der Waals surface area contributed by atoms with Gasteiger partial charge in [-0.3, -0.25) is 0 Å². The zero-order valence-electron chi connectivity index (χ0n) is 6.69. The van der Waals surface area contributed by atoms with Gasteiger partial charge in [0.2, 0.25) is 5.76 Å². The summed E-state index contributed by atoms with van der Waals surface area (Å²) in [5, 5.41) is 0.850. The molecular formula is C9H7NO3. The number of rotatable bonds is 1. The molecule has 0 bridgehead atoms. The summed E-state index contributed by atoms with van der Waals surface area (Å²) in [6.07, 6.45) is 0. The third-order valence-corrected chi connectivity index (χ3v) is 1.73. The minimum absolute atomic E-state index is 0.115. The molecule has 66 valence electrons. The van der Waals surface area contributed by atoms with Crippen LogP contribution in [0.2, 0.25) is 0 Å². The maximum absolute atomic E-state index is 10.9. The largest absolute Gasteiger partial charge is 0.449 e. The van der Waals surface area contributed by atoms with Crippen molar-refractivity contribution in [3.8, 4) is 0 Å². The van der Waals surface area contributed by atoms with Crippen LogP contribution in [0.4, 0.5) is 0 Å². The maximum Gasteiger partial charge on any atom is 0.392 e. The second kappa shape index (κ2) is 2.91. The third-order valence-electron chi connectivity index (χ3n) is 1.73. The average Bonchev–Trinajstić information content (AvgIpc) is 2.59. The fourth-order valence-corrected chi connectivity index (χ4v) is 1.14. The van der Waals surface area contributed by atoms with Gasteiger partial charge in [-0.15, -0.1) is 0 Å². The fraction of sp³-hybridized carbons (Fsp3) is 0. The van der Waals surface area contributed by atoms with E-state index >= 15 is 0 Å². The van der Waals surface area contributed by atoms with Crippen molar-refractivity contribution in [1.82, 2.24) is 0 Å². The van der Waals surface area contributed by atoms with Gasteiger partial charge in [-0.2, -0.15) is 5.90 Å². The molecule has 0 aliphatic carbocycles. The molecule has 0 radical (unpaired) electrons. The van der Waals surface area contributed by atoms with Gasteiger partial charge in [-0.05, 0) is 12.1 Å². The molecule has 0 saturated carbocycles. The Morgan fingerprint density at radius 3 is 2.85 bits per heavy atom. The van der Waals surface area contributed by atoms with Crippen molar-refractivity contribution in [3.05, 3.63) is 36.1 Å². The molecule has 0 fully saturated rings. The molecule has 0 amide bonds. The second-order valence-electron chi connectivity index (χ2n) is 2.55. The van der Waals surface area contributed by atoms with Crippen LogP contribution in [-0.2, 0) is 4.84 Å². The van der Waals surface area contributed by atoms with E-state index in [-0.39, 0.29) is 5.76 Å². The minimum Gasteiger partial charge on any atom is -0.449 e. The van der Waals surface area contributed by atoms with Crippen molar-refractivity contribution in [1.29, 1.82) is 0 Å². The lowest BCUT2D eigenvalue weighted by atomic mass is 10.2. The average molecular weight is 177 g/mol. The quantitative estimate of drug-likeness (QED) is 0.669. The summed E-state index contributed by atoms with van der Waals surface area (Å²) in [7, 11) is 0. The molecule has 4 heteroatoms. The highest BCUT2D eigenvalue weighted by atomic mass is 16.7. The summed E-state index contributed by atoms with van der Waals surface area (Å²) >= 11 is 0. The number of hydrogen-bond donors (Lipinski definition) is 1. The molecule has 13 heavy (non-hydrogen) atoms. The van der Waals surface area contributed by atoms with E-state index in [0.717, 1.165) is 5.39 Å². The van der Waals surface area contributed by atoms with Crippen LogP contribution in [0.5, 0.6) is 0 Å². The highest BCUT2D eigenvalue weighted by Crippen LogP contribution is 2.18. The van der Waals surface area contributed by atoms with E-state index in [0.29, 0.717) is 5.58 Å². The van der Waals surface area contributed by atoms with Crippen molar-refractivity contribution in [2.24, 2.45) is 5.90 Å². The van der Waals surface area contributed by atoms with Gasteiger partial charge >= 0.3 is 5.97 Å². The molecule has 0 aliphatic rings. The number of benzene rings is 1. The van der Waals surface area contributed by atoms with E-state index in [1.54, 1.807) is 12.1 Å². The van der Waals surface area contributed by atoms with Crippen LogP contribution in [0.1, 0.15) is 10.6 Å². The van der Waals surface area contributed by atoms with Crippen LogP contribution < -0.4 is 5.90 Å². The molecule has 0 atom stereocenters. The number of hydrogen-bond acceptors (Lipinski definition) is 4. The molecule has 0 aliphatic heterocycles. The Morgan fingerprint density at radius 1 is 1.38 bits per heavy atom. The first-order valence-corrected chi connectivity index (χ1v) is 3.71. The molecule has 0 spiro atoms. The molecule has 2 aromatic rings. The second-order valence-corrected chi connectivity index (χ2v) is 2.55. The first kappa shape index (κ1) is 7.82. The Morgan fingerprint density at radius 2 is 2.15 bits per heavy atom. The van der Waals surface area contributed by atoms with Gasteiger partial charge in [0.05, 0.1) is 0 Å². The third kappa shape index (κ3) is 1.27. The zero-order valence-corrected chi connectivity index (χ0v) is 6.69. The van der Waals surface area contributed by atoms with E-state index in [1.807, 2.05) is 18.2 Å². The SMILES string of the molecule is NOC(=O)c1cc2ccccc2o1. The Labute approximate surface area is 73.8 Å². The Kier molecular flexibility index (Phi) is 1.75. The number of carbonyl (C=O) groups excluding carboxylic acids is 1. The number of nitrogens with two attached hydrogens (primary N) is 1. The lowest BCUT2D eigenvalue weighted by molar-refractivity contribution is 0.0469. The number of para-hydroxylation sites is 1. The highest BCUT2D eigenvalue weighted by molar-refractivity contribution is 5.92. The van der Waals surface area contributed by atoms with Gasteiger partial charge in [0, 0.05) is 5.39 Å². The van der Waals surface area contributed by atoms with Gasteiger partial charge in [0.1, 0.15) is 5.58 Å². The standard InChI is InChI=1S/C9H7NO3/c10-13-9(11)8-5-6-3-1-2-4-7(6)12-8/h1-5H,10H2. The van der Waals surface area contributed by atoms with Crippen molar-refractivity contribution >= 4 is 16.9 Å². The van der Waals surface area contributed by atoms with Crippen LogP contribution in [0.3, 0.4) is 0 Å². The lowest BCUT2D eigenvalue weighted by Gasteiger charge is -1.89. The van der Waals surface area contributed by atoms with Gasteiger partial charge in [0.15, 0.2) is 0 Å². The van der Waals surface area contributed by atoms with Crippen LogP contribution in [0.25, 0.3) is 11.0 Å². The number of fused-ring (bicyclic) bond motifs is 1. The number of carbonyl (C=O) groups is 1. The topological polar surface area (TPSA) is 65.5 Å².